The lowest BCUT2D eigenvalue weighted by Crippen LogP contribution is -2.34. The van der Waals surface area contributed by atoms with Crippen LogP contribution in [-0.2, 0) is 12.8 Å². The summed E-state index contributed by atoms with van der Waals surface area (Å²) in [6.45, 7) is 0.839. The van der Waals surface area contributed by atoms with Gasteiger partial charge in [0.25, 0.3) is 5.56 Å². The molecule has 1 aliphatic heterocycles. The van der Waals surface area contributed by atoms with E-state index in [1.54, 1.807) is 9.08 Å². The standard InChI is InChI=1S/C23H22BrN7O/c24-16-11-13-30-19(16)22(32)31(14-6-2-1-3-7-14)21(28-30)18-10-5-12-29(18)20-15-8-4-9-17(15)26-23(25)27-20/h1-3,6-7,11,13,18H,4-5,8-10,12H2,(H2,25,26,27)/t18-/m0/s1. The first-order valence-electron chi connectivity index (χ1n) is 10.9. The van der Waals surface area contributed by atoms with E-state index in [1.165, 1.54) is 5.56 Å². The maximum Gasteiger partial charge on any atom is 0.283 e. The Bertz CT molecular complexity index is 1400. The van der Waals surface area contributed by atoms with Gasteiger partial charge in [0, 0.05) is 18.3 Å². The first-order chi connectivity index (χ1) is 15.6. The second-order valence-electron chi connectivity index (χ2n) is 8.33. The predicted octanol–water partition coefficient (Wildman–Crippen LogP) is 3.45. The topological polar surface area (TPSA) is 94.3 Å². The molecule has 1 saturated heterocycles. The van der Waals surface area contributed by atoms with Crippen LogP contribution in [0.3, 0.4) is 0 Å². The molecule has 0 bridgehead atoms. The molecule has 4 heterocycles. The molecular weight excluding hydrogens is 470 g/mol. The monoisotopic (exact) mass is 491 g/mol. The van der Waals surface area contributed by atoms with Crippen LogP contribution in [0.5, 0.6) is 0 Å². The molecule has 1 aliphatic carbocycles. The van der Waals surface area contributed by atoms with Crippen LogP contribution in [0.1, 0.15) is 42.4 Å². The van der Waals surface area contributed by atoms with E-state index in [0.717, 1.165) is 60.3 Å². The van der Waals surface area contributed by atoms with Crippen molar-refractivity contribution in [2.24, 2.45) is 0 Å². The number of aryl methyl sites for hydroxylation is 1. The molecule has 2 aliphatic rings. The Hall–Kier alpha value is -3.20. The van der Waals surface area contributed by atoms with Crippen LogP contribution in [0.2, 0.25) is 0 Å². The second kappa shape index (κ2) is 7.44. The average molecular weight is 492 g/mol. The molecule has 0 saturated carbocycles. The summed E-state index contributed by atoms with van der Waals surface area (Å²) in [5, 5.41) is 4.94. The summed E-state index contributed by atoms with van der Waals surface area (Å²) in [5.74, 6) is 1.91. The Labute approximate surface area is 192 Å². The number of nitrogens with zero attached hydrogens (tertiary/aromatic N) is 6. The molecule has 0 amide bonds. The molecule has 1 atom stereocenters. The number of fused-ring (bicyclic) bond motifs is 2. The Morgan fingerprint density at radius 2 is 1.91 bits per heavy atom. The molecule has 8 nitrogen and oxygen atoms in total. The minimum Gasteiger partial charge on any atom is -0.368 e. The second-order valence-corrected chi connectivity index (χ2v) is 9.18. The first kappa shape index (κ1) is 19.5. The SMILES string of the molecule is Nc1nc2c(c(N3CCC[C@H]3c3nn4ccc(Br)c4c(=O)n3-c3ccccc3)n1)CCC2. The van der Waals surface area contributed by atoms with Crippen molar-refractivity contribution in [2.75, 3.05) is 17.2 Å². The number of nitrogen functional groups attached to an aromatic ring is 1. The van der Waals surface area contributed by atoms with Gasteiger partial charge in [0.2, 0.25) is 5.95 Å². The minimum absolute atomic E-state index is 0.0903. The molecule has 9 heteroatoms. The Morgan fingerprint density at radius 3 is 2.75 bits per heavy atom. The van der Waals surface area contributed by atoms with Crippen molar-refractivity contribution in [3.8, 4) is 5.69 Å². The van der Waals surface area contributed by atoms with Crippen LogP contribution in [0.15, 0.2) is 51.9 Å². The van der Waals surface area contributed by atoms with Gasteiger partial charge >= 0.3 is 0 Å². The summed E-state index contributed by atoms with van der Waals surface area (Å²) in [7, 11) is 0. The van der Waals surface area contributed by atoms with E-state index in [1.807, 2.05) is 42.6 Å². The van der Waals surface area contributed by atoms with Gasteiger partial charge in [-0.25, -0.2) is 9.50 Å². The number of para-hydroxylation sites is 1. The number of nitrogens with two attached hydrogens (primary N) is 1. The van der Waals surface area contributed by atoms with Crippen LogP contribution in [-0.4, -0.2) is 30.7 Å². The minimum atomic E-state index is -0.0997. The molecule has 0 spiro atoms. The Morgan fingerprint density at radius 1 is 1.06 bits per heavy atom. The highest BCUT2D eigenvalue weighted by molar-refractivity contribution is 9.10. The van der Waals surface area contributed by atoms with Gasteiger partial charge in [-0.1, -0.05) is 18.2 Å². The summed E-state index contributed by atoms with van der Waals surface area (Å²) >= 11 is 3.51. The fraction of sp³-hybridized carbons (Fsp3) is 0.304. The average Bonchev–Trinajstić information content (AvgIpc) is 3.53. The van der Waals surface area contributed by atoms with Crippen molar-refractivity contribution in [1.82, 2.24) is 24.1 Å². The van der Waals surface area contributed by atoms with Crippen molar-refractivity contribution in [3.05, 3.63) is 74.5 Å². The van der Waals surface area contributed by atoms with Gasteiger partial charge in [-0.05, 0) is 66.2 Å². The zero-order valence-electron chi connectivity index (χ0n) is 17.4. The molecule has 3 aromatic heterocycles. The van der Waals surface area contributed by atoms with Crippen molar-refractivity contribution < 1.29 is 0 Å². The fourth-order valence-corrected chi connectivity index (χ4v) is 5.52. The van der Waals surface area contributed by atoms with Crippen LogP contribution >= 0.6 is 15.9 Å². The lowest BCUT2D eigenvalue weighted by Gasteiger charge is -2.28. The molecule has 6 rings (SSSR count). The van der Waals surface area contributed by atoms with E-state index in [0.29, 0.717) is 17.3 Å². The van der Waals surface area contributed by atoms with Crippen molar-refractivity contribution in [3.63, 3.8) is 0 Å². The molecule has 32 heavy (non-hydrogen) atoms. The number of halogens is 1. The quantitative estimate of drug-likeness (QED) is 0.471. The largest absolute Gasteiger partial charge is 0.368 e. The number of hydrogen-bond donors (Lipinski definition) is 1. The predicted molar refractivity (Wildman–Crippen MR) is 126 cm³/mol. The number of hydrogen-bond acceptors (Lipinski definition) is 6. The zero-order valence-corrected chi connectivity index (χ0v) is 19.0. The van der Waals surface area contributed by atoms with E-state index >= 15 is 0 Å². The van der Waals surface area contributed by atoms with E-state index in [4.69, 9.17) is 10.8 Å². The van der Waals surface area contributed by atoms with Gasteiger partial charge in [0.05, 0.1) is 21.9 Å². The summed E-state index contributed by atoms with van der Waals surface area (Å²) in [4.78, 5) is 25.1. The number of benzene rings is 1. The Kier molecular flexibility index (Phi) is 4.53. The maximum atomic E-state index is 13.7. The van der Waals surface area contributed by atoms with Crippen molar-refractivity contribution in [1.29, 1.82) is 0 Å². The van der Waals surface area contributed by atoms with Gasteiger partial charge in [0.1, 0.15) is 11.3 Å². The fourth-order valence-electron chi connectivity index (χ4n) is 5.05. The maximum absolute atomic E-state index is 13.7. The summed E-state index contributed by atoms with van der Waals surface area (Å²) in [5.41, 5.74) is 9.54. The molecule has 162 valence electrons. The first-order valence-corrected chi connectivity index (χ1v) is 11.7. The molecular formula is C23H22BrN7O. The lowest BCUT2D eigenvalue weighted by atomic mass is 10.1. The van der Waals surface area contributed by atoms with Gasteiger partial charge in [-0.3, -0.25) is 9.36 Å². The van der Waals surface area contributed by atoms with E-state index < -0.39 is 0 Å². The number of aromatic nitrogens is 5. The smallest absolute Gasteiger partial charge is 0.283 e. The zero-order chi connectivity index (χ0) is 21.8. The van der Waals surface area contributed by atoms with Gasteiger partial charge in [-0.2, -0.15) is 10.1 Å². The van der Waals surface area contributed by atoms with E-state index in [-0.39, 0.29) is 11.6 Å². The van der Waals surface area contributed by atoms with Crippen LogP contribution in [0.4, 0.5) is 11.8 Å². The third-order valence-corrected chi connectivity index (χ3v) is 7.07. The summed E-state index contributed by atoms with van der Waals surface area (Å²) in [6, 6.07) is 11.5. The summed E-state index contributed by atoms with van der Waals surface area (Å²) in [6.07, 6.45) is 6.64. The summed E-state index contributed by atoms with van der Waals surface area (Å²) < 4.78 is 4.15. The molecule has 1 fully saturated rings. The van der Waals surface area contributed by atoms with Gasteiger partial charge in [0.15, 0.2) is 5.82 Å². The molecule has 0 radical (unpaired) electrons. The highest BCUT2D eigenvalue weighted by Crippen LogP contribution is 2.39. The van der Waals surface area contributed by atoms with Gasteiger partial charge < -0.3 is 10.6 Å². The lowest BCUT2D eigenvalue weighted by molar-refractivity contribution is 0.599. The number of anilines is 2. The van der Waals surface area contributed by atoms with Crippen molar-refractivity contribution in [2.45, 2.75) is 38.1 Å². The normalized spacial score (nSPS) is 17.9. The van der Waals surface area contributed by atoms with Crippen LogP contribution in [0, 0.1) is 0 Å². The third-order valence-electron chi connectivity index (χ3n) is 6.43. The van der Waals surface area contributed by atoms with E-state index in [2.05, 4.69) is 30.8 Å². The van der Waals surface area contributed by atoms with Crippen molar-refractivity contribution >= 4 is 33.2 Å². The third kappa shape index (κ3) is 2.95. The number of rotatable bonds is 3. The molecule has 2 N–H and O–H groups in total. The highest BCUT2D eigenvalue weighted by atomic mass is 79.9. The molecule has 1 aromatic carbocycles. The van der Waals surface area contributed by atoms with Crippen LogP contribution < -0.4 is 16.2 Å². The molecule has 0 unspecified atom stereocenters. The highest BCUT2D eigenvalue weighted by Gasteiger charge is 2.35. The van der Waals surface area contributed by atoms with Crippen LogP contribution in [0.25, 0.3) is 11.2 Å². The molecule has 4 aromatic rings. The van der Waals surface area contributed by atoms with E-state index in [9.17, 15) is 4.79 Å². The van der Waals surface area contributed by atoms with Gasteiger partial charge in [-0.15, -0.1) is 0 Å². The Balaban J connectivity index is 1.58.